The summed E-state index contributed by atoms with van der Waals surface area (Å²) < 4.78 is 130. The number of aliphatic hydroxyl groups excluding tert-OH is 1. The third kappa shape index (κ3) is 15.8. The van der Waals surface area contributed by atoms with Crippen molar-refractivity contribution in [3.8, 4) is 11.3 Å². The number of benzene rings is 2. The zero-order chi connectivity index (χ0) is 46.5. The van der Waals surface area contributed by atoms with Gasteiger partial charge in [0.2, 0.25) is 5.36 Å². The Bertz CT molecular complexity index is 2420. The predicted octanol–water partition coefficient (Wildman–Crippen LogP) is 4.40. The van der Waals surface area contributed by atoms with Crippen molar-refractivity contribution in [2.24, 2.45) is 0 Å². The number of fused-ring (bicyclic) bond motifs is 2. The molecule has 0 saturated carbocycles. The molecule has 1 atom stereocenters. The van der Waals surface area contributed by atoms with E-state index in [9.17, 15) is 44.0 Å². The number of nitrogens with zero attached hydrogens (tertiary/aromatic N) is 2. The standard InChI is InChI=1S/C43H62N2O15S3/c1-42(2,3)37-31-34(10-6-11-41-43(4,16-7-28-61(47,48)49)38-32-35(63(53,54)55)13-15-39(38)45(41)18-8-20-46)60-40-30-33(12-14-36(37)40)44(17-9-29-62(50,51)52)19-21-57-24-25-59-27-26-58-23-22-56-5/h6,10-15,30-32,46H,7-9,16-29H2,1-5H3,(H2-,47,48,49,50,51,52,53,54,55)/p+1. The number of hydrogen-bond donors (Lipinski definition) is 4. The molecular formula is C43H63N2O15S3+. The minimum absolute atomic E-state index is 0.0380. The summed E-state index contributed by atoms with van der Waals surface area (Å²) in [5, 5.41) is 10.5. The second-order valence-electron chi connectivity index (χ2n) is 16.5. The lowest BCUT2D eigenvalue weighted by Crippen LogP contribution is -2.35. The van der Waals surface area contributed by atoms with Crippen LogP contribution in [0.1, 0.15) is 70.3 Å². The Hall–Kier alpha value is -3.54. The van der Waals surface area contributed by atoms with Crippen LogP contribution in [0.25, 0.3) is 17.4 Å². The van der Waals surface area contributed by atoms with Crippen LogP contribution >= 0.6 is 0 Å². The maximum absolute atomic E-state index is 12.2. The molecule has 3 aliphatic rings. The van der Waals surface area contributed by atoms with Gasteiger partial charge in [-0.3, -0.25) is 13.7 Å². The van der Waals surface area contributed by atoms with Crippen LogP contribution in [0, 0.1) is 0 Å². The molecule has 4 N–H and O–H groups in total. The van der Waals surface area contributed by atoms with Gasteiger partial charge in [0.05, 0.1) is 62.1 Å². The summed E-state index contributed by atoms with van der Waals surface area (Å²) in [4.78, 5) is 1.60. The Morgan fingerprint density at radius 1 is 0.794 bits per heavy atom. The van der Waals surface area contributed by atoms with Crippen molar-refractivity contribution in [2.45, 2.75) is 69.1 Å². The molecule has 0 bridgehead atoms. The number of hydrogen-bond acceptors (Lipinski definition) is 13. The normalized spacial score (nSPS) is 17.3. The zero-order valence-corrected chi connectivity index (χ0v) is 39.1. The molecule has 2 aliphatic heterocycles. The van der Waals surface area contributed by atoms with E-state index < -0.39 is 47.3 Å². The molecule has 4 rings (SSSR count). The number of rotatable bonds is 26. The maximum Gasteiger partial charge on any atom is 0.294 e. The largest absolute Gasteiger partial charge is 0.456 e. The van der Waals surface area contributed by atoms with Gasteiger partial charge in [-0.15, -0.1) is 0 Å². The number of aliphatic hydroxyl groups is 1. The summed E-state index contributed by atoms with van der Waals surface area (Å²) >= 11 is 0. The van der Waals surface area contributed by atoms with E-state index >= 15 is 0 Å². The van der Waals surface area contributed by atoms with Gasteiger partial charge >= 0.3 is 0 Å². The molecule has 2 heterocycles. The summed E-state index contributed by atoms with van der Waals surface area (Å²) in [6.07, 6.45) is 6.12. The first kappa shape index (κ1) is 52.1. The Morgan fingerprint density at radius 3 is 2.03 bits per heavy atom. The zero-order valence-electron chi connectivity index (χ0n) is 36.7. The van der Waals surface area contributed by atoms with E-state index in [1.54, 1.807) is 25.3 Å². The SMILES string of the molecule is COCCOCCOCCOCC[N+](CCCS(=O)(=O)O)=c1ccc2c(C(C)(C)C)cc(C=CC=C3N(CCCO)c4ccc(S(=O)(=O)O)cc4C3(C)CCCS(=O)(=O)O)oc-2c1. The molecule has 1 aromatic carbocycles. The van der Waals surface area contributed by atoms with E-state index in [2.05, 4.69) is 20.8 Å². The van der Waals surface area contributed by atoms with Gasteiger partial charge in [-0.05, 0) is 85.2 Å². The molecule has 0 spiro atoms. The second kappa shape index (κ2) is 23.1. The van der Waals surface area contributed by atoms with Crippen molar-refractivity contribution >= 4 is 42.1 Å². The smallest absolute Gasteiger partial charge is 0.294 e. The molecule has 17 nitrogen and oxygen atoms in total. The van der Waals surface area contributed by atoms with E-state index in [4.69, 9.17) is 23.4 Å². The molecule has 0 fully saturated rings. The summed E-state index contributed by atoms with van der Waals surface area (Å²) in [7, 11) is -11.5. The molecule has 0 radical (unpaired) electrons. The van der Waals surface area contributed by atoms with Gasteiger partial charge in [0, 0.05) is 55.1 Å². The van der Waals surface area contributed by atoms with Crippen molar-refractivity contribution in [2.75, 3.05) is 96.0 Å². The second-order valence-corrected chi connectivity index (χ2v) is 21.0. The summed E-state index contributed by atoms with van der Waals surface area (Å²) in [5.74, 6) is 0.117. The first-order valence-corrected chi connectivity index (χ1v) is 25.4. The Kier molecular flexibility index (Phi) is 19.1. The lowest BCUT2D eigenvalue weighted by molar-refractivity contribution is 0.00371. The number of allylic oxidation sites excluding steroid dienone is 3. The Morgan fingerprint density at radius 2 is 1.43 bits per heavy atom. The Balaban J connectivity index is 1.73. The van der Waals surface area contributed by atoms with E-state index in [-0.39, 0.29) is 36.2 Å². The predicted molar refractivity (Wildman–Crippen MR) is 240 cm³/mol. The first-order valence-electron chi connectivity index (χ1n) is 20.8. The molecule has 20 heteroatoms. The minimum atomic E-state index is -4.58. The fraction of sp³-hybridized carbons (Fsp3) is 0.558. The van der Waals surface area contributed by atoms with Crippen molar-refractivity contribution < 1.29 is 67.4 Å². The molecule has 1 unspecified atom stereocenters. The van der Waals surface area contributed by atoms with Crippen molar-refractivity contribution in [3.63, 3.8) is 0 Å². The van der Waals surface area contributed by atoms with E-state index in [0.29, 0.717) is 101 Å². The lowest BCUT2D eigenvalue weighted by atomic mass is 9.77. The molecule has 63 heavy (non-hydrogen) atoms. The highest BCUT2D eigenvalue weighted by molar-refractivity contribution is 7.86. The highest BCUT2D eigenvalue weighted by Gasteiger charge is 2.43. The topological polar surface area (TPSA) is 240 Å². The summed E-state index contributed by atoms with van der Waals surface area (Å²) in [6, 6.07) is 11.9. The quantitative estimate of drug-likeness (QED) is 0.0496. The highest BCUT2D eigenvalue weighted by atomic mass is 32.2. The number of ether oxygens (including phenoxy) is 4. The molecule has 1 aliphatic carbocycles. The van der Waals surface area contributed by atoms with Gasteiger partial charge < -0.3 is 33.4 Å². The molecule has 0 amide bonds. The van der Waals surface area contributed by atoms with Gasteiger partial charge in [-0.25, -0.2) is 4.58 Å². The van der Waals surface area contributed by atoms with Gasteiger partial charge in [0.1, 0.15) is 24.7 Å². The third-order valence-electron chi connectivity index (χ3n) is 10.6. The lowest BCUT2D eigenvalue weighted by Gasteiger charge is -2.30. The molecule has 1 aromatic rings. The first-order chi connectivity index (χ1) is 29.6. The van der Waals surface area contributed by atoms with Gasteiger partial charge in [-0.2, -0.15) is 25.3 Å². The van der Waals surface area contributed by atoms with Crippen molar-refractivity contribution in [1.29, 1.82) is 0 Å². The maximum atomic E-state index is 12.2. The van der Waals surface area contributed by atoms with Crippen LogP contribution in [0.15, 0.2) is 69.6 Å². The van der Waals surface area contributed by atoms with E-state index in [1.165, 1.54) is 12.1 Å². The Labute approximate surface area is 371 Å². The summed E-state index contributed by atoms with van der Waals surface area (Å²) in [5.41, 5.74) is 2.36. The van der Waals surface area contributed by atoms with Gasteiger partial charge in [0.25, 0.3) is 30.4 Å². The third-order valence-corrected chi connectivity index (χ3v) is 13.1. The fourth-order valence-electron chi connectivity index (χ4n) is 7.53. The van der Waals surface area contributed by atoms with E-state index in [0.717, 1.165) is 16.5 Å². The van der Waals surface area contributed by atoms with Crippen LogP contribution in [-0.4, -0.2) is 135 Å². The molecule has 352 valence electrons. The van der Waals surface area contributed by atoms with Crippen LogP contribution in [0.2, 0.25) is 0 Å². The number of anilines is 1. The average molecular weight is 944 g/mol. The average Bonchev–Trinajstić information content (AvgIpc) is 3.41. The van der Waals surface area contributed by atoms with Crippen LogP contribution in [0.5, 0.6) is 0 Å². The van der Waals surface area contributed by atoms with Crippen LogP contribution in [-0.2, 0) is 60.1 Å². The van der Waals surface area contributed by atoms with Gasteiger partial charge in [0.15, 0.2) is 6.54 Å². The fourth-order valence-corrected chi connectivity index (χ4v) is 9.04. The summed E-state index contributed by atoms with van der Waals surface area (Å²) in [6.45, 7) is 11.8. The van der Waals surface area contributed by atoms with Crippen molar-refractivity contribution in [1.82, 2.24) is 4.58 Å². The molecule has 0 aromatic heterocycles. The monoisotopic (exact) mass is 943 g/mol. The minimum Gasteiger partial charge on any atom is -0.456 e. The van der Waals surface area contributed by atoms with Crippen LogP contribution < -0.4 is 14.8 Å². The van der Waals surface area contributed by atoms with Crippen molar-refractivity contribution in [3.05, 3.63) is 82.6 Å². The van der Waals surface area contributed by atoms with Gasteiger partial charge in [-0.1, -0.05) is 26.8 Å². The number of methoxy groups -OCH3 is 1. The van der Waals surface area contributed by atoms with E-state index in [1.807, 2.05) is 46.7 Å². The molecular weight excluding hydrogens is 881 g/mol. The molecule has 0 saturated heterocycles. The van der Waals surface area contributed by atoms with Crippen LogP contribution in [0.3, 0.4) is 0 Å². The highest BCUT2D eigenvalue weighted by Crippen LogP contribution is 2.51. The van der Waals surface area contributed by atoms with Crippen LogP contribution in [0.4, 0.5) is 5.69 Å².